The Morgan fingerprint density at radius 1 is 1.42 bits per heavy atom. The second-order valence-corrected chi connectivity index (χ2v) is 3.89. The summed E-state index contributed by atoms with van der Waals surface area (Å²) in [6.45, 7) is 0. The van der Waals surface area contributed by atoms with Crippen LogP contribution in [-0.4, -0.2) is 24.0 Å². The standard InChI is InChI=1S/C10H14N2/c1-12-9-2-3-10(12)7-8(6-9)4-5-11/h4,9-10H,2-3,6-7H2,1H3. The first-order valence-electron chi connectivity index (χ1n) is 4.60. The molecule has 2 atom stereocenters. The molecule has 2 nitrogen and oxygen atoms in total. The molecular weight excluding hydrogens is 148 g/mol. The van der Waals surface area contributed by atoms with Gasteiger partial charge in [0.2, 0.25) is 0 Å². The van der Waals surface area contributed by atoms with Gasteiger partial charge in [-0.05, 0) is 32.7 Å². The highest BCUT2D eigenvalue weighted by Crippen LogP contribution is 2.36. The van der Waals surface area contributed by atoms with E-state index < -0.39 is 0 Å². The van der Waals surface area contributed by atoms with E-state index in [1.54, 1.807) is 6.08 Å². The van der Waals surface area contributed by atoms with Crippen LogP contribution in [0.15, 0.2) is 11.6 Å². The largest absolute Gasteiger partial charge is 0.300 e. The van der Waals surface area contributed by atoms with Crippen molar-refractivity contribution in [1.82, 2.24) is 4.90 Å². The van der Waals surface area contributed by atoms with Crippen LogP contribution in [-0.2, 0) is 0 Å². The molecule has 0 aromatic heterocycles. The predicted octanol–water partition coefficient (Wildman–Crippen LogP) is 1.69. The van der Waals surface area contributed by atoms with Crippen LogP contribution in [0.25, 0.3) is 0 Å². The van der Waals surface area contributed by atoms with E-state index in [1.165, 1.54) is 18.4 Å². The molecule has 12 heavy (non-hydrogen) atoms. The van der Waals surface area contributed by atoms with Gasteiger partial charge in [0.25, 0.3) is 0 Å². The Kier molecular flexibility index (Phi) is 1.90. The Bertz CT molecular complexity index is 233. The molecule has 2 aliphatic heterocycles. The van der Waals surface area contributed by atoms with Gasteiger partial charge < -0.3 is 0 Å². The first-order valence-corrected chi connectivity index (χ1v) is 4.60. The number of nitrogens with zero attached hydrogens (tertiary/aromatic N) is 2. The highest BCUT2D eigenvalue weighted by Gasteiger charge is 2.35. The molecule has 0 aromatic carbocycles. The van der Waals surface area contributed by atoms with E-state index in [0.29, 0.717) is 0 Å². The molecule has 2 rings (SSSR count). The maximum Gasteiger partial charge on any atom is 0.0911 e. The van der Waals surface area contributed by atoms with Crippen LogP contribution in [0.3, 0.4) is 0 Å². The monoisotopic (exact) mass is 162 g/mol. The van der Waals surface area contributed by atoms with Gasteiger partial charge in [-0.25, -0.2) is 0 Å². The summed E-state index contributed by atoms with van der Waals surface area (Å²) in [5.74, 6) is 0. The molecule has 0 N–H and O–H groups in total. The molecule has 0 aliphatic carbocycles. The molecule has 0 radical (unpaired) electrons. The van der Waals surface area contributed by atoms with E-state index in [-0.39, 0.29) is 0 Å². The number of fused-ring (bicyclic) bond motifs is 2. The van der Waals surface area contributed by atoms with Crippen molar-refractivity contribution in [2.45, 2.75) is 37.8 Å². The fourth-order valence-electron chi connectivity index (χ4n) is 2.48. The zero-order valence-electron chi connectivity index (χ0n) is 7.45. The Morgan fingerprint density at radius 2 is 2.00 bits per heavy atom. The van der Waals surface area contributed by atoms with Gasteiger partial charge in [0.05, 0.1) is 6.07 Å². The number of piperidine rings is 1. The number of rotatable bonds is 0. The summed E-state index contributed by atoms with van der Waals surface area (Å²) in [4.78, 5) is 2.48. The highest BCUT2D eigenvalue weighted by atomic mass is 15.2. The summed E-state index contributed by atoms with van der Waals surface area (Å²) >= 11 is 0. The van der Waals surface area contributed by atoms with Gasteiger partial charge in [-0.15, -0.1) is 0 Å². The van der Waals surface area contributed by atoms with Crippen LogP contribution < -0.4 is 0 Å². The molecule has 0 amide bonds. The van der Waals surface area contributed by atoms with Gasteiger partial charge in [0, 0.05) is 18.2 Å². The lowest BCUT2D eigenvalue weighted by atomic mass is 9.97. The van der Waals surface area contributed by atoms with Gasteiger partial charge in [-0.1, -0.05) is 5.57 Å². The molecule has 2 heteroatoms. The van der Waals surface area contributed by atoms with Crippen LogP contribution in [0.5, 0.6) is 0 Å². The van der Waals surface area contributed by atoms with Crippen molar-refractivity contribution in [3.05, 3.63) is 11.6 Å². The Labute approximate surface area is 73.5 Å². The SMILES string of the molecule is CN1C2CCC1CC(=CC#N)C2. The van der Waals surface area contributed by atoms with Crippen molar-refractivity contribution < 1.29 is 0 Å². The first kappa shape index (κ1) is 7.82. The third-order valence-electron chi connectivity index (χ3n) is 3.25. The highest BCUT2D eigenvalue weighted by molar-refractivity contribution is 5.20. The Morgan fingerprint density at radius 3 is 2.50 bits per heavy atom. The van der Waals surface area contributed by atoms with Crippen molar-refractivity contribution in [2.24, 2.45) is 0 Å². The molecule has 2 bridgehead atoms. The zero-order valence-corrected chi connectivity index (χ0v) is 7.45. The molecule has 0 saturated carbocycles. The average Bonchev–Trinajstić information content (AvgIpc) is 2.33. The molecular formula is C10H14N2. The van der Waals surface area contributed by atoms with E-state index in [0.717, 1.165) is 24.9 Å². The summed E-state index contributed by atoms with van der Waals surface area (Å²) in [6.07, 6.45) is 6.65. The number of allylic oxidation sites excluding steroid dienone is 1. The van der Waals surface area contributed by atoms with Crippen molar-refractivity contribution in [1.29, 1.82) is 5.26 Å². The quantitative estimate of drug-likeness (QED) is 0.507. The van der Waals surface area contributed by atoms with Gasteiger partial charge >= 0.3 is 0 Å². The van der Waals surface area contributed by atoms with E-state index in [2.05, 4.69) is 18.0 Å². The molecule has 2 aliphatic rings. The minimum atomic E-state index is 0.725. The summed E-state index contributed by atoms with van der Waals surface area (Å²) in [5.41, 5.74) is 1.36. The van der Waals surface area contributed by atoms with Crippen LogP contribution in [0.2, 0.25) is 0 Å². The third-order valence-corrected chi connectivity index (χ3v) is 3.25. The van der Waals surface area contributed by atoms with Gasteiger partial charge in [-0.3, -0.25) is 4.90 Å². The predicted molar refractivity (Wildman–Crippen MR) is 47.5 cm³/mol. The fraction of sp³-hybridized carbons (Fsp3) is 0.700. The minimum absolute atomic E-state index is 0.725. The molecule has 2 saturated heterocycles. The molecule has 2 fully saturated rings. The van der Waals surface area contributed by atoms with Gasteiger partial charge in [0.15, 0.2) is 0 Å². The van der Waals surface area contributed by atoms with Gasteiger partial charge in [-0.2, -0.15) is 5.26 Å². The lowest BCUT2D eigenvalue weighted by Gasteiger charge is -2.32. The topological polar surface area (TPSA) is 27.0 Å². The second kappa shape index (κ2) is 2.91. The number of hydrogen-bond donors (Lipinski definition) is 0. The van der Waals surface area contributed by atoms with Crippen LogP contribution in [0.4, 0.5) is 0 Å². The second-order valence-electron chi connectivity index (χ2n) is 3.89. The van der Waals surface area contributed by atoms with Crippen molar-refractivity contribution >= 4 is 0 Å². The van der Waals surface area contributed by atoms with Crippen molar-refractivity contribution in [3.8, 4) is 6.07 Å². The van der Waals surface area contributed by atoms with E-state index in [9.17, 15) is 0 Å². The number of nitriles is 1. The van der Waals surface area contributed by atoms with E-state index in [4.69, 9.17) is 5.26 Å². The van der Waals surface area contributed by atoms with Crippen molar-refractivity contribution in [2.75, 3.05) is 7.05 Å². The maximum absolute atomic E-state index is 8.54. The molecule has 0 aromatic rings. The lowest BCUT2D eigenvalue weighted by molar-refractivity contribution is 0.209. The Hall–Kier alpha value is -0.810. The summed E-state index contributed by atoms with van der Waals surface area (Å²) in [5, 5.41) is 8.54. The Balaban J connectivity index is 2.13. The number of hydrogen-bond acceptors (Lipinski definition) is 2. The summed E-state index contributed by atoms with van der Waals surface area (Å²) in [7, 11) is 2.21. The van der Waals surface area contributed by atoms with Crippen molar-refractivity contribution in [3.63, 3.8) is 0 Å². The van der Waals surface area contributed by atoms with Crippen LogP contribution >= 0.6 is 0 Å². The average molecular weight is 162 g/mol. The maximum atomic E-state index is 8.54. The zero-order chi connectivity index (χ0) is 8.55. The molecule has 2 heterocycles. The summed E-state index contributed by atoms with van der Waals surface area (Å²) in [6, 6.07) is 3.59. The molecule has 0 spiro atoms. The summed E-state index contributed by atoms with van der Waals surface area (Å²) < 4.78 is 0. The normalized spacial score (nSPS) is 34.8. The minimum Gasteiger partial charge on any atom is -0.300 e. The van der Waals surface area contributed by atoms with Crippen LogP contribution in [0, 0.1) is 11.3 Å². The van der Waals surface area contributed by atoms with E-state index in [1.807, 2.05) is 0 Å². The smallest absolute Gasteiger partial charge is 0.0911 e. The third kappa shape index (κ3) is 1.15. The molecule has 2 unspecified atom stereocenters. The first-order chi connectivity index (χ1) is 5.81. The molecule has 64 valence electrons. The van der Waals surface area contributed by atoms with Crippen LogP contribution in [0.1, 0.15) is 25.7 Å². The lowest BCUT2D eigenvalue weighted by Crippen LogP contribution is -2.36. The fourth-order valence-corrected chi connectivity index (χ4v) is 2.48. The van der Waals surface area contributed by atoms with Gasteiger partial charge in [0.1, 0.15) is 0 Å². The van der Waals surface area contributed by atoms with E-state index >= 15 is 0 Å².